The van der Waals surface area contributed by atoms with E-state index < -0.39 is 0 Å². The van der Waals surface area contributed by atoms with Gasteiger partial charge in [0.2, 0.25) is 5.91 Å². The zero-order valence-electron chi connectivity index (χ0n) is 13.9. The third-order valence-corrected chi connectivity index (χ3v) is 2.90. The third-order valence-electron chi connectivity index (χ3n) is 2.90. The molecule has 0 bridgehead atoms. The minimum atomic E-state index is -0.335. The van der Waals surface area contributed by atoms with Crippen LogP contribution in [0.4, 0.5) is 4.39 Å². The maximum Gasteiger partial charge on any atom is 0.239 e. The van der Waals surface area contributed by atoms with Crippen molar-refractivity contribution in [2.24, 2.45) is 4.99 Å². The van der Waals surface area contributed by atoms with Gasteiger partial charge in [0.1, 0.15) is 17.7 Å². The van der Waals surface area contributed by atoms with Gasteiger partial charge in [-0.1, -0.05) is 13.0 Å². The van der Waals surface area contributed by atoms with Crippen molar-refractivity contribution in [1.29, 1.82) is 0 Å². The van der Waals surface area contributed by atoms with Crippen LogP contribution in [0.1, 0.15) is 20.3 Å². The Hall–Kier alpha value is -2.31. The first-order valence-electron chi connectivity index (χ1n) is 7.68. The number of hydrogen-bond acceptors (Lipinski definition) is 3. The van der Waals surface area contributed by atoms with Gasteiger partial charge in [0.25, 0.3) is 0 Å². The summed E-state index contributed by atoms with van der Waals surface area (Å²) in [5.41, 5.74) is 0. The highest BCUT2D eigenvalue weighted by Crippen LogP contribution is 2.13. The minimum Gasteiger partial charge on any atom is -0.489 e. The quantitative estimate of drug-likeness (QED) is 0.497. The monoisotopic (exact) mass is 324 g/mol. The molecule has 0 aromatic heterocycles. The van der Waals surface area contributed by atoms with E-state index in [2.05, 4.69) is 20.9 Å². The first kappa shape index (κ1) is 18.7. The number of nitrogens with zero attached hydrogens (tertiary/aromatic N) is 1. The molecule has 0 radical (unpaired) electrons. The van der Waals surface area contributed by atoms with E-state index in [1.807, 2.05) is 13.8 Å². The van der Waals surface area contributed by atoms with Crippen molar-refractivity contribution in [3.05, 3.63) is 30.1 Å². The van der Waals surface area contributed by atoms with Gasteiger partial charge in [0.05, 0.1) is 13.1 Å². The van der Waals surface area contributed by atoms with E-state index in [-0.39, 0.29) is 24.4 Å². The van der Waals surface area contributed by atoms with Crippen LogP contribution in [0.2, 0.25) is 0 Å². The second-order valence-electron chi connectivity index (χ2n) is 5.04. The summed E-state index contributed by atoms with van der Waals surface area (Å²) in [5.74, 6) is 0.560. The number of rotatable bonds is 8. The van der Waals surface area contributed by atoms with Crippen molar-refractivity contribution in [1.82, 2.24) is 16.0 Å². The lowest BCUT2D eigenvalue weighted by Gasteiger charge is -2.17. The molecule has 128 valence electrons. The van der Waals surface area contributed by atoms with Crippen LogP contribution in [0, 0.1) is 5.82 Å². The first-order chi connectivity index (χ1) is 11.0. The predicted molar refractivity (Wildman–Crippen MR) is 89.2 cm³/mol. The molecular formula is C16H25FN4O2. The molecule has 3 N–H and O–H groups in total. The highest BCUT2D eigenvalue weighted by Gasteiger charge is 2.07. The number of guanidine groups is 1. The summed E-state index contributed by atoms with van der Waals surface area (Å²) >= 11 is 0. The molecule has 0 heterocycles. The Bertz CT molecular complexity index is 523. The van der Waals surface area contributed by atoms with E-state index in [1.165, 1.54) is 12.1 Å². The molecule has 0 saturated heterocycles. The average Bonchev–Trinajstić information content (AvgIpc) is 2.53. The lowest BCUT2D eigenvalue weighted by Crippen LogP contribution is -2.45. The summed E-state index contributed by atoms with van der Waals surface area (Å²) in [6.45, 7) is 5.13. The molecule has 0 fully saturated rings. The van der Waals surface area contributed by atoms with Crippen molar-refractivity contribution in [2.45, 2.75) is 26.4 Å². The Balaban J connectivity index is 2.32. The molecule has 0 aliphatic carbocycles. The molecule has 1 amide bonds. The van der Waals surface area contributed by atoms with Crippen LogP contribution in [0.15, 0.2) is 29.3 Å². The van der Waals surface area contributed by atoms with E-state index in [4.69, 9.17) is 4.74 Å². The van der Waals surface area contributed by atoms with Crippen LogP contribution in [0.5, 0.6) is 5.75 Å². The van der Waals surface area contributed by atoms with E-state index in [9.17, 15) is 9.18 Å². The largest absolute Gasteiger partial charge is 0.489 e. The highest BCUT2D eigenvalue weighted by molar-refractivity contribution is 5.86. The number of benzene rings is 1. The maximum absolute atomic E-state index is 13.1. The first-order valence-corrected chi connectivity index (χ1v) is 7.68. The number of hydrogen-bond donors (Lipinski definition) is 3. The van der Waals surface area contributed by atoms with E-state index in [1.54, 1.807) is 19.2 Å². The van der Waals surface area contributed by atoms with Gasteiger partial charge in [-0.3, -0.25) is 9.79 Å². The fourth-order valence-electron chi connectivity index (χ4n) is 1.77. The SMILES string of the molecule is CCCNC(=O)CNC(=NC)NCC(C)Oc1cccc(F)c1. The fourth-order valence-corrected chi connectivity index (χ4v) is 1.77. The Morgan fingerprint density at radius 1 is 1.35 bits per heavy atom. The maximum atomic E-state index is 13.1. The predicted octanol–water partition coefficient (Wildman–Crippen LogP) is 1.28. The number of carbonyl (C=O) groups is 1. The topological polar surface area (TPSA) is 74.8 Å². The number of ether oxygens (including phenoxy) is 1. The second-order valence-corrected chi connectivity index (χ2v) is 5.04. The van der Waals surface area contributed by atoms with Crippen LogP contribution in [-0.4, -0.2) is 44.7 Å². The van der Waals surface area contributed by atoms with Gasteiger partial charge >= 0.3 is 0 Å². The summed E-state index contributed by atoms with van der Waals surface area (Å²) in [6, 6.07) is 6.00. The van der Waals surface area contributed by atoms with Gasteiger partial charge in [-0.2, -0.15) is 0 Å². The number of amides is 1. The van der Waals surface area contributed by atoms with Crippen molar-refractivity contribution in [2.75, 3.05) is 26.7 Å². The van der Waals surface area contributed by atoms with Crippen LogP contribution in [-0.2, 0) is 4.79 Å². The van der Waals surface area contributed by atoms with Gasteiger partial charge < -0.3 is 20.7 Å². The smallest absolute Gasteiger partial charge is 0.239 e. The summed E-state index contributed by atoms with van der Waals surface area (Å²) < 4.78 is 18.7. The van der Waals surface area contributed by atoms with Crippen molar-refractivity contribution in [3.8, 4) is 5.75 Å². The van der Waals surface area contributed by atoms with Crippen molar-refractivity contribution < 1.29 is 13.9 Å². The molecular weight excluding hydrogens is 299 g/mol. The normalized spacial score (nSPS) is 12.4. The molecule has 23 heavy (non-hydrogen) atoms. The zero-order valence-corrected chi connectivity index (χ0v) is 13.9. The molecule has 7 heteroatoms. The summed E-state index contributed by atoms with van der Waals surface area (Å²) in [4.78, 5) is 15.5. The van der Waals surface area contributed by atoms with Gasteiger partial charge in [-0.05, 0) is 25.5 Å². The Morgan fingerprint density at radius 2 is 2.13 bits per heavy atom. The Kier molecular flexibility index (Phi) is 8.49. The molecule has 1 unspecified atom stereocenters. The van der Waals surface area contributed by atoms with E-state index >= 15 is 0 Å². The number of carbonyl (C=O) groups excluding carboxylic acids is 1. The van der Waals surface area contributed by atoms with E-state index in [0.717, 1.165) is 6.42 Å². The molecule has 1 aromatic carbocycles. The van der Waals surface area contributed by atoms with E-state index in [0.29, 0.717) is 24.8 Å². The lowest BCUT2D eigenvalue weighted by atomic mass is 10.3. The third kappa shape index (κ3) is 8.04. The minimum absolute atomic E-state index is 0.0844. The molecule has 0 aliphatic rings. The van der Waals surface area contributed by atoms with Crippen LogP contribution in [0.3, 0.4) is 0 Å². The summed E-state index contributed by atoms with van der Waals surface area (Å²) in [6.07, 6.45) is 0.706. The van der Waals surface area contributed by atoms with Gasteiger partial charge in [-0.25, -0.2) is 4.39 Å². The molecule has 1 atom stereocenters. The average molecular weight is 324 g/mol. The Labute approximate surface area is 136 Å². The lowest BCUT2D eigenvalue weighted by molar-refractivity contribution is -0.120. The van der Waals surface area contributed by atoms with Crippen molar-refractivity contribution in [3.63, 3.8) is 0 Å². The number of nitrogens with one attached hydrogen (secondary N) is 3. The second kappa shape index (κ2) is 10.4. The van der Waals surface area contributed by atoms with Gasteiger partial charge in [-0.15, -0.1) is 0 Å². The Morgan fingerprint density at radius 3 is 2.78 bits per heavy atom. The molecule has 0 aliphatic heterocycles. The molecule has 0 spiro atoms. The van der Waals surface area contributed by atoms with Crippen LogP contribution in [0.25, 0.3) is 0 Å². The fraction of sp³-hybridized carbons (Fsp3) is 0.500. The highest BCUT2D eigenvalue weighted by atomic mass is 19.1. The summed E-state index contributed by atoms with van der Waals surface area (Å²) in [7, 11) is 1.62. The standard InChI is InChI=1S/C16H25FN4O2/c1-4-8-19-15(22)11-21-16(18-3)20-10-12(2)23-14-7-5-6-13(17)9-14/h5-7,9,12H,4,8,10-11H2,1-3H3,(H,19,22)(H2,18,20,21). The number of aliphatic imine (C=N–C) groups is 1. The molecule has 0 saturated carbocycles. The summed E-state index contributed by atoms with van der Waals surface area (Å²) in [5, 5.41) is 8.74. The van der Waals surface area contributed by atoms with Crippen LogP contribution < -0.4 is 20.7 Å². The van der Waals surface area contributed by atoms with Crippen molar-refractivity contribution >= 4 is 11.9 Å². The zero-order chi connectivity index (χ0) is 17.1. The molecule has 1 aromatic rings. The van der Waals surface area contributed by atoms with Crippen LogP contribution >= 0.6 is 0 Å². The van der Waals surface area contributed by atoms with Gasteiger partial charge in [0.15, 0.2) is 5.96 Å². The number of halogens is 1. The molecule has 1 rings (SSSR count). The molecule has 6 nitrogen and oxygen atoms in total. The van der Waals surface area contributed by atoms with Gasteiger partial charge in [0, 0.05) is 19.7 Å².